The van der Waals surface area contributed by atoms with Gasteiger partial charge in [-0.1, -0.05) is 29.3 Å². The number of nitrogens with one attached hydrogen (secondary N) is 1. The lowest BCUT2D eigenvalue weighted by Gasteiger charge is -2.24. The molecule has 0 saturated heterocycles. The quantitative estimate of drug-likeness (QED) is 0.816. The number of amides is 2. The summed E-state index contributed by atoms with van der Waals surface area (Å²) < 4.78 is 0. The first-order chi connectivity index (χ1) is 10.6. The van der Waals surface area contributed by atoms with Gasteiger partial charge in [-0.15, -0.1) is 0 Å². The Morgan fingerprint density at radius 1 is 1.22 bits per heavy atom. The Morgan fingerprint density at radius 3 is 2.39 bits per heavy atom. The van der Waals surface area contributed by atoms with Crippen LogP contribution in [0.1, 0.15) is 33.3 Å². The van der Waals surface area contributed by atoms with Crippen molar-refractivity contribution < 1.29 is 9.59 Å². The van der Waals surface area contributed by atoms with E-state index in [1.54, 1.807) is 24.3 Å². The van der Waals surface area contributed by atoms with Gasteiger partial charge < -0.3 is 10.2 Å². The van der Waals surface area contributed by atoms with Crippen LogP contribution in [0.2, 0.25) is 10.0 Å². The smallest absolute Gasteiger partial charge is 0.247 e. The lowest BCUT2D eigenvalue weighted by molar-refractivity contribution is -0.132. The fourth-order valence-corrected chi connectivity index (χ4v) is 2.17. The second-order valence-electron chi connectivity index (χ2n) is 6.16. The van der Waals surface area contributed by atoms with E-state index in [9.17, 15) is 9.59 Å². The number of halogens is 2. The largest absolute Gasteiger partial charge is 0.350 e. The molecule has 1 N–H and O–H groups in total. The average Bonchev–Trinajstić information content (AvgIpc) is 2.43. The predicted octanol–water partition coefficient (Wildman–Crippen LogP) is 3.77. The van der Waals surface area contributed by atoms with Gasteiger partial charge in [-0.25, -0.2) is 0 Å². The summed E-state index contributed by atoms with van der Waals surface area (Å²) in [5, 5.41) is 3.73. The van der Waals surface area contributed by atoms with Crippen LogP contribution in [-0.2, 0) is 9.59 Å². The maximum Gasteiger partial charge on any atom is 0.247 e. The van der Waals surface area contributed by atoms with Crippen molar-refractivity contribution in [2.24, 2.45) is 0 Å². The Balaban J connectivity index is 2.71. The molecule has 0 aliphatic heterocycles. The van der Waals surface area contributed by atoms with Crippen LogP contribution in [-0.4, -0.2) is 35.3 Å². The van der Waals surface area contributed by atoms with Crippen LogP contribution in [0.15, 0.2) is 24.3 Å². The third-order valence-electron chi connectivity index (χ3n) is 2.90. The Bertz CT molecular complexity index is 607. The van der Waals surface area contributed by atoms with E-state index in [1.165, 1.54) is 11.0 Å². The van der Waals surface area contributed by atoms with Crippen LogP contribution in [0, 0.1) is 0 Å². The molecule has 0 atom stereocenters. The molecule has 0 aromatic heterocycles. The van der Waals surface area contributed by atoms with Crippen molar-refractivity contribution in [1.29, 1.82) is 0 Å². The minimum atomic E-state index is -0.324. The first-order valence-corrected chi connectivity index (χ1v) is 8.11. The summed E-state index contributed by atoms with van der Waals surface area (Å²) in [5.74, 6) is -0.418. The van der Waals surface area contributed by atoms with Gasteiger partial charge in [-0.3, -0.25) is 9.59 Å². The van der Waals surface area contributed by atoms with Crippen molar-refractivity contribution in [3.05, 3.63) is 39.9 Å². The van der Waals surface area contributed by atoms with Crippen LogP contribution < -0.4 is 5.32 Å². The van der Waals surface area contributed by atoms with Gasteiger partial charge in [-0.2, -0.15) is 0 Å². The highest BCUT2D eigenvalue weighted by Gasteiger charge is 2.18. The van der Waals surface area contributed by atoms with Gasteiger partial charge in [0.15, 0.2) is 0 Å². The minimum absolute atomic E-state index is 0.0261. The molecule has 0 spiro atoms. The summed E-state index contributed by atoms with van der Waals surface area (Å²) >= 11 is 11.8. The molecule has 23 heavy (non-hydrogen) atoms. The molecule has 0 aliphatic carbocycles. The van der Waals surface area contributed by atoms with Gasteiger partial charge in [0.1, 0.15) is 0 Å². The summed E-state index contributed by atoms with van der Waals surface area (Å²) in [4.78, 5) is 25.6. The Labute approximate surface area is 147 Å². The van der Waals surface area contributed by atoms with E-state index >= 15 is 0 Å². The summed E-state index contributed by atoms with van der Waals surface area (Å²) in [7, 11) is 0. The molecule has 4 nitrogen and oxygen atoms in total. The number of hydrogen-bond acceptors (Lipinski definition) is 2. The molecule has 0 fully saturated rings. The molecule has 126 valence electrons. The van der Waals surface area contributed by atoms with Crippen molar-refractivity contribution in [1.82, 2.24) is 10.2 Å². The number of likely N-dealkylation sites (N-methyl/N-ethyl adjacent to an activating group) is 1. The van der Waals surface area contributed by atoms with Gasteiger partial charge in [0.25, 0.3) is 0 Å². The molecular weight excluding hydrogens is 335 g/mol. The van der Waals surface area contributed by atoms with E-state index in [-0.39, 0.29) is 23.9 Å². The number of hydrogen-bond donors (Lipinski definition) is 1. The number of rotatable bonds is 5. The van der Waals surface area contributed by atoms with Crippen molar-refractivity contribution in [3.8, 4) is 0 Å². The van der Waals surface area contributed by atoms with E-state index in [0.717, 1.165) is 5.56 Å². The summed E-state index contributed by atoms with van der Waals surface area (Å²) in [6.45, 7) is 7.99. The Morgan fingerprint density at radius 2 is 1.87 bits per heavy atom. The number of carbonyl (C=O) groups is 2. The van der Waals surface area contributed by atoms with Gasteiger partial charge in [0, 0.05) is 18.2 Å². The summed E-state index contributed by atoms with van der Waals surface area (Å²) in [6.07, 6.45) is 3.07. The van der Waals surface area contributed by atoms with Gasteiger partial charge >= 0.3 is 0 Å². The van der Waals surface area contributed by atoms with Crippen LogP contribution in [0.5, 0.6) is 0 Å². The first-order valence-electron chi connectivity index (χ1n) is 7.35. The molecule has 0 bridgehead atoms. The molecule has 0 unspecified atom stereocenters. The third kappa shape index (κ3) is 7.06. The molecule has 1 aromatic carbocycles. The van der Waals surface area contributed by atoms with Crippen LogP contribution in [0.25, 0.3) is 6.08 Å². The molecule has 1 rings (SSSR count). The van der Waals surface area contributed by atoms with Crippen molar-refractivity contribution in [2.45, 2.75) is 33.2 Å². The lowest BCUT2D eigenvalue weighted by Crippen LogP contribution is -2.47. The van der Waals surface area contributed by atoms with Crippen LogP contribution >= 0.6 is 23.2 Å². The zero-order valence-corrected chi connectivity index (χ0v) is 15.3. The summed E-state index contributed by atoms with van der Waals surface area (Å²) in [6, 6.07) is 5.11. The zero-order valence-electron chi connectivity index (χ0n) is 13.8. The topological polar surface area (TPSA) is 49.4 Å². The van der Waals surface area contributed by atoms with E-state index in [4.69, 9.17) is 23.2 Å². The second kappa shape index (κ2) is 8.37. The molecule has 0 radical (unpaired) electrons. The Hall–Kier alpha value is -1.52. The maximum atomic E-state index is 12.2. The normalized spacial score (nSPS) is 11.6. The first kappa shape index (κ1) is 19.5. The SMILES string of the molecule is CCN(CC(=O)NC(C)(C)C)C(=O)/C=C/c1ccc(Cl)c(Cl)c1. The van der Waals surface area contributed by atoms with Crippen molar-refractivity contribution >= 4 is 41.1 Å². The molecular formula is C17H22Cl2N2O2. The fourth-order valence-electron chi connectivity index (χ4n) is 1.87. The van der Waals surface area contributed by atoms with Crippen molar-refractivity contribution in [3.63, 3.8) is 0 Å². The second-order valence-corrected chi connectivity index (χ2v) is 6.97. The van der Waals surface area contributed by atoms with Gasteiger partial charge in [-0.05, 0) is 51.5 Å². The standard InChI is InChI=1S/C17H22Cl2N2O2/c1-5-21(11-15(22)20-17(2,3)4)16(23)9-7-12-6-8-13(18)14(19)10-12/h6-10H,5,11H2,1-4H3,(H,20,22)/b9-7+. The van der Waals surface area contributed by atoms with Crippen molar-refractivity contribution in [2.75, 3.05) is 13.1 Å². The summed E-state index contributed by atoms with van der Waals surface area (Å²) in [5.41, 5.74) is 0.443. The average molecular weight is 357 g/mol. The Kier molecular flexibility index (Phi) is 7.10. The van der Waals surface area contributed by atoms with Gasteiger partial charge in [0.2, 0.25) is 11.8 Å². The minimum Gasteiger partial charge on any atom is -0.350 e. The van der Waals surface area contributed by atoms with Crippen LogP contribution in [0.3, 0.4) is 0 Å². The molecule has 6 heteroatoms. The molecule has 0 saturated carbocycles. The lowest BCUT2D eigenvalue weighted by atomic mass is 10.1. The van der Waals surface area contributed by atoms with E-state index < -0.39 is 0 Å². The van der Waals surface area contributed by atoms with E-state index in [1.807, 2.05) is 27.7 Å². The van der Waals surface area contributed by atoms with E-state index in [0.29, 0.717) is 16.6 Å². The highest BCUT2D eigenvalue weighted by atomic mass is 35.5. The number of nitrogens with zero attached hydrogens (tertiary/aromatic N) is 1. The van der Waals surface area contributed by atoms with E-state index in [2.05, 4.69) is 5.32 Å². The number of benzene rings is 1. The maximum absolute atomic E-state index is 12.2. The third-order valence-corrected chi connectivity index (χ3v) is 3.64. The molecule has 0 heterocycles. The molecule has 0 aliphatic rings. The zero-order chi connectivity index (χ0) is 17.6. The monoisotopic (exact) mass is 356 g/mol. The molecule has 1 aromatic rings. The highest BCUT2D eigenvalue weighted by Crippen LogP contribution is 2.23. The van der Waals surface area contributed by atoms with Gasteiger partial charge in [0.05, 0.1) is 16.6 Å². The number of carbonyl (C=O) groups excluding carboxylic acids is 2. The van der Waals surface area contributed by atoms with Crippen LogP contribution in [0.4, 0.5) is 0 Å². The highest BCUT2D eigenvalue weighted by molar-refractivity contribution is 6.42. The fraction of sp³-hybridized carbons (Fsp3) is 0.412. The predicted molar refractivity (Wildman–Crippen MR) is 95.6 cm³/mol. The molecule has 2 amide bonds.